The third-order valence-corrected chi connectivity index (χ3v) is 6.61. The van der Waals surface area contributed by atoms with Crippen molar-refractivity contribution in [1.82, 2.24) is 15.0 Å². The van der Waals surface area contributed by atoms with Gasteiger partial charge < -0.3 is 9.40 Å². The van der Waals surface area contributed by atoms with Crippen molar-refractivity contribution in [2.24, 2.45) is 5.10 Å². The van der Waals surface area contributed by atoms with E-state index in [2.05, 4.69) is 15.1 Å². The molecule has 1 N–H and O–H groups in total. The Hall–Kier alpha value is -2.55. The molecule has 1 amide bonds. The highest BCUT2D eigenvalue weighted by molar-refractivity contribution is 7.99. The number of aromatic amines is 1. The van der Waals surface area contributed by atoms with Crippen molar-refractivity contribution in [3.05, 3.63) is 69.8 Å². The van der Waals surface area contributed by atoms with Crippen molar-refractivity contribution < 1.29 is 9.21 Å². The number of nitrogens with one attached hydrogen (secondary N) is 1. The van der Waals surface area contributed by atoms with E-state index in [4.69, 9.17) is 16.0 Å². The summed E-state index contributed by atoms with van der Waals surface area (Å²) in [7, 11) is 0. The molecule has 0 aliphatic carbocycles. The van der Waals surface area contributed by atoms with Crippen molar-refractivity contribution in [3.8, 4) is 0 Å². The fourth-order valence-electron chi connectivity index (χ4n) is 3.26. The maximum Gasteiger partial charge on any atom is 0.253 e. The van der Waals surface area contributed by atoms with Gasteiger partial charge in [-0.25, -0.2) is 9.99 Å². The van der Waals surface area contributed by atoms with Gasteiger partial charge in [-0.05, 0) is 41.8 Å². The molecule has 0 fully saturated rings. The van der Waals surface area contributed by atoms with Gasteiger partial charge in [0.05, 0.1) is 33.6 Å². The van der Waals surface area contributed by atoms with E-state index in [1.807, 2.05) is 41.8 Å². The van der Waals surface area contributed by atoms with Crippen LogP contribution in [0, 0.1) is 0 Å². The molecule has 0 bridgehead atoms. The van der Waals surface area contributed by atoms with Crippen LogP contribution in [-0.4, -0.2) is 32.3 Å². The predicted octanol–water partition coefficient (Wildman–Crippen LogP) is 5.34. The smallest absolute Gasteiger partial charge is 0.253 e. The van der Waals surface area contributed by atoms with Crippen molar-refractivity contribution in [3.63, 3.8) is 0 Å². The molecule has 146 valence electrons. The number of furan rings is 1. The largest absolute Gasteiger partial charge is 0.467 e. The van der Waals surface area contributed by atoms with E-state index in [-0.39, 0.29) is 17.7 Å². The summed E-state index contributed by atoms with van der Waals surface area (Å²) in [5, 5.41) is 9.49. The van der Waals surface area contributed by atoms with Crippen molar-refractivity contribution in [2.75, 3.05) is 5.75 Å². The number of carbonyl (C=O) groups is 1. The summed E-state index contributed by atoms with van der Waals surface area (Å²) in [4.78, 5) is 21.8. The third-order valence-electron chi connectivity index (χ3n) is 4.60. The molecule has 0 saturated carbocycles. The van der Waals surface area contributed by atoms with E-state index >= 15 is 0 Å². The number of hydrazone groups is 1. The molecule has 29 heavy (non-hydrogen) atoms. The van der Waals surface area contributed by atoms with Crippen LogP contribution in [-0.2, 0) is 4.79 Å². The number of rotatable bonds is 5. The molecule has 1 aromatic carbocycles. The number of H-pyrrole nitrogens is 1. The second-order valence-electron chi connectivity index (χ2n) is 6.49. The molecular weight excluding hydrogens is 428 g/mol. The Morgan fingerprint density at radius 2 is 2.28 bits per heavy atom. The van der Waals surface area contributed by atoms with E-state index < -0.39 is 0 Å². The first-order chi connectivity index (χ1) is 14.2. The maximum absolute atomic E-state index is 13.0. The lowest BCUT2D eigenvalue weighted by atomic mass is 10.1. The fourth-order valence-corrected chi connectivity index (χ4v) is 4.89. The highest BCUT2D eigenvalue weighted by atomic mass is 35.5. The Bertz CT molecular complexity index is 1180. The molecule has 6 nitrogen and oxygen atoms in total. The minimum Gasteiger partial charge on any atom is -0.467 e. The number of benzene rings is 1. The van der Waals surface area contributed by atoms with Crippen LogP contribution < -0.4 is 0 Å². The highest BCUT2D eigenvalue weighted by Gasteiger charge is 2.35. The standard InChI is InChI=1S/C20H15ClN4O2S2/c21-12-5-6-13-14(9-12)23-20(22-13)29-11-19(26)25-16(17-3-1-7-27-17)10-15(24-25)18-4-2-8-28-18/h1-9,16H,10-11H2,(H,22,23)/t16-/m1/s1. The van der Waals surface area contributed by atoms with Crippen molar-refractivity contribution in [1.29, 1.82) is 0 Å². The van der Waals surface area contributed by atoms with Gasteiger partial charge in [0.25, 0.3) is 5.91 Å². The van der Waals surface area contributed by atoms with Crippen LogP contribution >= 0.6 is 34.7 Å². The first kappa shape index (κ1) is 18.5. The van der Waals surface area contributed by atoms with E-state index in [9.17, 15) is 4.79 Å². The van der Waals surface area contributed by atoms with Crippen LogP contribution in [0.5, 0.6) is 0 Å². The molecule has 1 aliphatic rings. The van der Waals surface area contributed by atoms with Crippen LogP contribution in [0.3, 0.4) is 0 Å². The lowest BCUT2D eigenvalue weighted by molar-refractivity contribution is -0.130. The lowest BCUT2D eigenvalue weighted by Gasteiger charge is -2.19. The van der Waals surface area contributed by atoms with Crippen LogP contribution in [0.15, 0.2) is 68.8 Å². The van der Waals surface area contributed by atoms with Crippen LogP contribution in [0.2, 0.25) is 5.02 Å². The summed E-state index contributed by atoms with van der Waals surface area (Å²) in [6.07, 6.45) is 2.25. The number of thioether (sulfide) groups is 1. The number of thiophene rings is 1. The van der Waals surface area contributed by atoms with Gasteiger partial charge >= 0.3 is 0 Å². The molecule has 3 aromatic heterocycles. The van der Waals surface area contributed by atoms with E-state index in [0.717, 1.165) is 27.4 Å². The second-order valence-corrected chi connectivity index (χ2v) is 8.84. The monoisotopic (exact) mass is 442 g/mol. The Morgan fingerprint density at radius 1 is 1.34 bits per heavy atom. The normalized spacial score (nSPS) is 16.5. The van der Waals surface area contributed by atoms with Gasteiger partial charge in [-0.1, -0.05) is 29.4 Å². The number of halogens is 1. The van der Waals surface area contributed by atoms with Gasteiger partial charge in [-0.3, -0.25) is 4.79 Å². The number of aromatic nitrogens is 2. The highest BCUT2D eigenvalue weighted by Crippen LogP contribution is 2.34. The average Bonchev–Trinajstić information content (AvgIpc) is 3.51. The number of carbonyl (C=O) groups excluding carboxylic acids is 1. The Balaban J connectivity index is 1.35. The predicted molar refractivity (Wildman–Crippen MR) is 116 cm³/mol. The second kappa shape index (κ2) is 7.70. The molecule has 4 aromatic rings. The molecule has 0 spiro atoms. The molecule has 0 radical (unpaired) electrons. The SMILES string of the molecule is O=C(CSc1nc2ccc(Cl)cc2[nH]1)N1N=C(c2cccs2)C[C@@H]1c1ccco1. The lowest BCUT2D eigenvalue weighted by Crippen LogP contribution is -2.28. The minimum atomic E-state index is -0.232. The fraction of sp³-hybridized carbons (Fsp3) is 0.150. The number of nitrogens with zero attached hydrogens (tertiary/aromatic N) is 3. The molecule has 5 rings (SSSR count). The molecule has 0 saturated heterocycles. The van der Waals surface area contributed by atoms with Gasteiger partial charge in [0.2, 0.25) is 0 Å². The number of hydrogen-bond donors (Lipinski definition) is 1. The first-order valence-corrected chi connectivity index (χ1v) is 11.2. The zero-order valence-electron chi connectivity index (χ0n) is 15.0. The topological polar surface area (TPSA) is 74.5 Å². The van der Waals surface area contributed by atoms with Gasteiger partial charge in [-0.15, -0.1) is 11.3 Å². The van der Waals surface area contributed by atoms with Gasteiger partial charge in [-0.2, -0.15) is 5.10 Å². The first-order valence-electron chi connectivity index (χ1n) is 8.92. The quantitative estimate of drug-likeness (QED) is 0.423. The molecule has 1 atom stereocenters. The minimum absolute atomic E-state index is 0.0959. The van der Waals surface area contributed by atoms with Gasteiger partial charge in [0.1, 0.15) is 11.8 Å². The summed E-state index contributed by atoms with van der Waals surface area (Å²) >= 11 is 8.99. The number of hydrogen-bond acceptors (Lipinski definition) is 6. The zero-order valence-corrected chi connectivity index (χ0v) is 17.4. The number of fused-ring (bicyclic) bond motifs is 1. The molecule has 0 unspecified atom stereocenters. The Kier molecular flexibility index (Phi) is 4.91. The van der Waals surface area contributed by atoms with Crippen LogP contribution in [0.1, 0.15) is 23.1 Å². The Morgan fingerprint density at radius 3 is 3.07 bits per heavy atom. The van der Waals surface area contributed by atoms with Crippen molar-refractivity contribution in [2.45, 2.75) is 17.6 Å². The molecule has 9 heteroatoms. The number of imidazole rings is 1. The summed E-state index contributed by atoms with van der Waals surface area (Å²) in [6.45, 7) is 0. The third kappa shape index (κ3) is 3.71. The van der Waals surface area contributed by atoms with E-state index in [1.54, 1.807) is 28.7 Å². The van der Waals surface area contributed by atoms with Crippen LogP contribution in [0.4, 0.5) is 0 Å². The molecule has 1 aliphatic heterocycles. The zero-order chi connectivity index (χ0) is 19.8. The van der Waals surface area contributed by atoms with Crippen LogP contribution in [0.25, 0.3) is 11.0 Å². The number of amides is 1. The molecule has 4 heterocycles. The van der Waals surface area contributed by atoms with E-state index in [1.165, 1.54) is 11.8 Å². The summed E-state index contributed by atoms with van der Waals surface area (Å²) in [5.74, 6) is 0.852. The van der Waals surface area contributed by atoms with Gasteiger partial charge in [0, 0.05) is 11.4 Å². The van der Waals surface area contributed by atoms with E-state index in [0.29, 0.717) is 16.6 Å². The summed E-state index contributed by atoms with van der Waals surface area (Å²) in [6, 6.07) is 13.0. The average molecular weight is 443 g/mol. The summed E-state index contributed by atoms with van der Waals surface area (Å²) in [5.41, 5.74) is 2.57. The summed E-state index contributed by atoms with van der Waals surface area (Å²) < 4.78 is 5.58. The Labute approximate surface area is 179 Å². The van der Waals surface area contributed by atoms with Crippen molar-refractivity contribution >= 4 is 57.4 Å². The van der Waals surface area contributed by atoms with Gasteiger partial charge in [0.15, 0.2) is 5.16 Å². The molecular formula is C20H15ClN4O2S2. The maximum atomic E-state index is 13.0.